The molecule has 2 atom stereocenters. The van der Waals surface area contributed by atoms with E-state index in [1.165, 1.54) is 19.3 Å². The number of carbonyl (C=O) groups excluding carboxylic acids is 1. The topological polar surface area (TPSA) is 69.6 Å². The number of nitrogens with one attached hydrogen (secondary N) is 2. The number of guanidine groups is 1. The molecule has 156 valence electrons. The summed E-state index contributed by atoms with van der Waals surface area (Å²) in [5.74, 6) is 1.63. The summed E-state index contributed by atoms with van der Waals surface area (Å²) in [6.07, 6.45) is 6.67. The molecule has 6 nitrogen and oxygen atoms in total. The molecule has 1 heterocycles. The van der Waals surface area contributed by atoms with Gasteiger partial charge in [0.05, 0.1) is 5.01 Å². The van der Waals surface area contributed by atoms with Gasteiger partial charge in [-0.1, -0.05) is 40.0 Å². The maximum Gasteiger partial charge on any atom is 0.243 e. The first-order valence-electron chi connectivity index (χ1n) is 9.59. The standard InChI is InChI=1S/C19H35N5OS.HI/c1-6-8-9-16(7-2)13-22-19(23-14-17(25)24(4)5)21-12-15(3)18-20-10-11-26-18;/h10-11,15-16H,6-9,12-14H2,1-5H3,(H2,21,22,23);1H. The highest BCUT2D eigenvalue weighted by Crippen LogP contribution is 2.16. The summed E-state index contributed by atoms with van der Waals surface area (Å²) >= 11 is 1.66. The summed E-state index contributed by atoms with van der Waals surface area (Å²) in [7, 11) is 3.50. The third kappa shape index (κ3) is 10.9. The molecule has 0 aliphatic carbocycles. The molecule has 1 amide bonds. The molecule has 0 spiro atoms. The van der Waals surface area contributed by atoms with Gasteiger partial charge in [-0.05, 0) is 12.3 Å². The average Bonchev–Trinajstić information content (AvgIpc) is 3.17. The van der Waals surface area contributed by atoms with E-state index in [9.17, 15) is 4.79 Å². The quantitative estimate of drug-likeness (QED) is 0.271. The van der Waals surface area contributed by atoms with Crippen LogP contribution in [0.15, 0.2) is 16.6 Å². The number of hydrogen-bond acceptors (Lipinski definition) is 4. The van der Waals surface area contributed by atoms with Crippen LogP contribution in [0.5, 0.6) is 0 Å². The molecule has 0 saturated carbocycles. The molecule has 0 aromatic carbocycles. The van der Waals surface area contributed by atoms with Crippen LogP contribution >= 0.6 is 35.3 Å². The fourth-order valence-corrected chi connectivity index (χ4v) is 3.16. The number of likely N-dealkylation sites (N-methyl/N-ethyl adjacent to an activating group) is 1. The van der Waals surface area contributed by atoms with Crippen LogP contribution in [-0.4, -0.2) is 55.5 Å². The first-order chi connectivity index (χ1) is 12.5. The molecule has 2 N–H and O–H groups in total. The summed E-state index contributed by atoms with van der Waals surface area (Å²) in [4.78, 5) is 22.3. The van der Waals surface area contributed by atoms with Gasteiger partial charge >= 0.3 is 0 Å². The fourth-order valence-electron chi connectivity index (χ4n) is 2.46. The van der Waals surface area contributed by atoms with Crippen molar-refractivity contribution in [1.29, 1.82) is 0 Å². The van der Waals surface area contributed by atoms with E-state index in [1.54, 1.807) is 30.3 Å². The van der Waals surface area contributed by atoms with Crippen LogP contribution in [-0.2, 0) is 4.79 Å². The molecule has 0 saturated heterocycles. The Morgan fingerprint density at radius 1 is 1.30 bits per heavy atom. The Morgan fingerprint density at radius 3 is 2.56 bits per heavy atom. The first-order valence-corrected chi connectivity index (χ1v) is 10.5. The number of hydrogen-bond donors (Lipinski definition) is 2. The SMILES string of the molecule is CCCCC(CC)CNC(=NCC(=O)N(C)C)NCC(C)c1nccs1.I. The number of rotatable bonds is 11. The highest BCUT2D eigenvalue weighted by molar-refractivity contribution is 14.0. The zero-order chi connectivity index (χ0) is 19.4. The van der Waals surface area contributed by atoms with Crippen LogP contribution in [0.1, 0.15) is 57.4 Å². The predicted molar refractivity (Wildman–Crippen MR) is 126 cm³/mol. The Balaban J connectivity index is 0.00000676. The van der Waals surface area contributed by atoms with Crippen molar-refractivity contribution < 1.29 is 4.79 Å². The molecule has 1 aromatic heterocycles. The molecule has 27 heavy (non-hydrogen) atoms. The van der Waals surface area contributed by atoms with Crippen molar-refractivity contribution in [2.24, 2.45) is 10.9 Å². The smallest absolute Gasteiger partial charge is 0.243 e. The lowest BCUT2D eigenvalue weighted by molar-refractivity contribution is -0.127. The van der Waals surface area contributed by atoms with Crippen molar-refractivity contribution in [1.82, 2.24) is 20.5 Å². The third-order valence-electron chi connectivity index (χ3n) is 4.42. The van der Waals surface area contributed by atoms with Gasteiger partial charge in [-0.3, -0.25) is 4.79 Å². The number of nitrogens with zero attached hydrogens (tertiary/aromatic N) is 3. The lowest BCUT2D eigenvalue weighted by Crippen LogP contribution is -2.42. The number of aromatic nitrogens is 1. The summed E-state index contributed by atoms with van der Waals surface area (Å²) in [5.41, 5.74) is 0. The molecular formula is C19H36IN5OS. The summed E-state index contributed by atoms with van der Waals surface area (Å²) < 4.78 is 0. The molecule has 1 rings (SSSR count). The molecule has 0 fully saturated rings. The number of unbranched alkanes of at least 4 members (excludes halogenated alkanes) is 1. The van der Waals surface area contributed by atoms with E-state index in [4.69, 9.17) is 0 Å². The van der Waals surface area contributed by atoms with Crippen molar-refractivity contribution in [3.63, 3.8) is 0 Å². The maximum absolute atomic E-state index is 11.9. The highest BCUT2D eigenvalue weighted by atomic mass is 127. The van der Waals surface area contributed by atoms with Crippen molar-refractivity contribution in [2.75, 3.05) is 33.7 Å². The molecule has 0 bridgehead atoms. The van der Waals surface area contributed by atoms with E-state index in [1.807, 2.05) is 11.6 Å². The van der Waals surface area contributed by atoms with Gasteiger partial charge in [-0.25, -0.2) is 9.98 Å². The number of carbonyl (C=O) groups is 1. The Morgan fingerprint density at radius 2 is 2.00 bits per heavy atom. The van der Waals surface area contributed by atoms with Gasteiger partial charge in [0.25, 0.3) is 0 Å². The molecule has 8 heteroatoms. The first kappa shape index (κ1) is 26.1. The van der Waals surface area contributed by atoms with Gasteiger partial charge in [0, 0.05) is 44.7 Å². The Bertz CT molecular complexity index is 536. The van der Waals surface area contributed by atoms with E-state index in [-0.39, 0.29) is 36.4 Å². The second kappa shape index (κ2) is 15.1. The van der Waals surface area contributed by atoms with Crippen molar-refractivity contribution >= 4 is 47.2 Å². The molecule has 0 radical (unpaired) electrons. The second-order valence-corrected chi connectivity index (χ2v) is 7.83. The van der Waals surface area contributed by atoms with Gasteiger partial charge < -0.3 is 15.5 Å². The maximum atomic E-state index is 11.9. The lowest BCUT2D eigenvalue weighted by Gasteiger charge is -2.19. The minimum Gasteiger partial charge on any atom is -0.356 e. The van der Waals surface area contributed by atoms with E-state index < -0.39 is 0 Å². The van der Waals surface area contributed by atoms with Gasteiger partial charge in [0.1, 0.15) is 6.54 Å². The molecular weight excluding hydrogens is 473 g/mol. The van der Waals surface area contributed by atoms with E-state index in [0.29, 0.717) is 17.8 Å². The number of thiazole rings is 1. The second-order valence-electron chi connectivity index (χ2n) is 6.90. The van der Waals surface area contributed by atoms with Gasteiger partial charge in [-0.2, -0.15) is 0 Å². The van der Waals surface area contributed by atoms with E-state index >= 15 is 0 Å². The minimum absolute atomic E-state index is 0. The Kier molecular flexibility index (Phi) is 14.6. The van der Waals surface area contributed by atoms with Crippen LogP contribution in [0.4, 0.5) is 0 Å². The van der Waals surface area contributed by atoms with E-state index in [2.05, 4.69) is 41.4 Å². The lowest BCUT2D eigenvalue weighted by atomic mass is 9.99. The molecule has 1 aromatic rings. The normalized spacial score (nSPS) is 13.4. The monoisotopic (exact) mass is 509 g/mol. The van der Waals surface area contributed by atoms with Crippen LogP contribution in [0.2, 0.25) is 0 Å². The summed E-state index contributed by atoms with van der Waals surface area (Å²) in [6.45, 7) is 8.36. The molecule has 2 unspecified atom stereocenters. The van der Waals surface area contributed by atoms with Crippen LogP contribution in [0.25, 0.3) is 0 Å². The van der Waals surface area contributed by atoms with Crippen molar-refractivity contribution in [3.8, 4) is 0 Å². The van der Waals surface area contributed by atoms with Crippen LogP contribution < -0.4 is 10.6 Å². The Labute approximate surface area is 185 Å². The third-order valence-corrected chi connectivity index (χ3v) is 5.43. The average molecular weight is 510 g/mol. The highest BCUT2D eigenvalue weighted by Gasteiger charge is 2.12. The van der Waals surface area contributed by atoms with Gasteiger partial charge in [0.2, 0.25) is 5.91 Å². The van der Waals surface area contributed by atoms with Gasteiger partial charge in [0.15, 0.2) is 5.96 Å². The minimum atomic E-state index is -0.00269. The largest absolute Gasteiger partial charge is 0.356 e. The number of amides is 1. The zero-order valence-electron chi connectivity index (χ0n) is 17.3. The van der Waals surface area contributed by atoms with Crippen molar-refractivity contribution in [2.45, 2.75) is 52.4 Å². The van der Waals surface area contributed by atoms with Crippen LogP contribution in [0, 0.1) is 5.92 Å². The van der Waals surface area contributed by atoms with Gasteiger partial charge in [-0.15, -0.1) is 35.3 Å². The van der Waals surface area contributed by atoms with Crippen molar-refractivity contribution in [3.05, 3.63) is 16.6 Å². The molecule has 0 aliphatic rings. The zero-order valence-corrected chi connectivity index (χ0v) is 20.5. The van der Waals surface area contributed by atoms with Crippen LogP contribution in [0.3, 0.4) is 0 Å². The summed E-state index contributed by atoms with van der Waals surface area (Å²) in [5, 5.41) is 9.90. The Hall–Kier alpha value is -0.900. The number of aliphatic imine (C=N–C) groups is 1. The summed E-state index contributed by atoms with van der Waals surface area (Å²) in [6, 6.07) is 0. The number of halogens is 1. The van der Waals surface area contributed by atoms with E-state index in [0.717, 1.165) is 24.5 Å². The predicted octanol–water partition coefficient (Wildman–Crippen LogP) is 3.70. The fraction of sp³-hybridized carbons (Fsp3) is 0.737. The molecule has 0 aliphatic heterocycles.